The standard InChI is InChI=1S/C16H17NO3/c1-2-12-8-9-14(15(18)10-12)17-16(19)20-11-13-6-4-3-5-7-13/h3-10,18H,2,11H2,1H3,(H,17,19). The zero-order chi connectivity index (χ0) is 14.4. The fraction of sp³-hybridized carbons (Fsp3) is 0.188. The van der Waals surface area contributed by atoms with Crippen LogP contribution in [0.15, 0.2) is 48.5 Å². The summed E-state index contributed by atoms with van der Waals surface area (Å²) in [7, 11) is 0. The lowest BCUT2D eigenvalue weighted by atomic mass is 10.1. The molecule has 2 aromatic carbocycles. The van der Waals surface area contributed by atoms with Gasteiger partial charge in [0.15, 0.2) is 0 Å². The molecule has 0 radical (unpaired) electrons. The van der Waals surface area contributed by atoms with Gasteiger partial charge in [-0.05, 0) is 29.7 Å². The lowest BCUT2D eigenvalue weighted by Gasteiger charge is -2.09. The summed E-state index contributed by atoms with van der Waals surface area (Å²) >= 11 is 0. The van der Waals surface area contributed by atoms with Crippen molar-refractivity contribution in [1.82, 2.24) is 0 Å². The third-order valence-electron chi connectivity index (χ3n) is 2.92. The predicted octanol–water partition coefficient (Wildman–Crippen LogP) is 3.70. The average molecular weight is 271 g/mol. The Bertz CT molecular complexity index is 582. The molecule has 2 rings (SSSR count). The van der Waals surface area contributed by atoms with Crippen LogP contribution >= 0.6 is 0 Å². The Morgan fingerprint density at radius 2 is 1.90 bits per heavy atom. The molecule has 0 aliphatic carbocycles. The van der Waals surface area contributed by atoms with Gasteiger partial charge in [0.1, 0.15) is 12.4 Å². The summed E-state index contributed by atoms with van der Waals surface area (Å²) < 4.78 is 5.08. The van der Waals surface area contributed by atoms with Crippen molar-refractivity contribution in [3.05, 3.63) is 59.7 Å². The molecule has 2 N–H and O–H groups in total. The molecule has 0 aromatic heterocycles. The van der Waals surface area contributed by atoms with E-state index >= 15 is 0 Å². The summed E-state index contributed by atoms with van der Waals surface area (Å²) in [5.41, 5.74) is 2.26. The molecule has 20 heavy (non-hydrogen) atoms. The molecule has 4 heteroatoms. The van der Waals surface area contributed by atoms with E-state index < -0.39 is 6.09 Å². The van der Waals surface area contributed by atoms with Gasteiger partial charge < -0.3 is 9.84 Å². The van der Waals surface area contributed by atoms with Crippen LogP contribution in [0.5, 0.6) is 5.75 Å². The second-order valence-corrected chi connectivity index (χ2v) is 4.39. The minimum Gasteiger partial charge on any atom is -0.506 e. The first kappa shape index (κ1) is 13.9. The number of phenolic OH excluding ortho intramolecular Hbond substituents is 1. The van der Waals surface area contributed by atoms with Crippen LogP contribution in [0.3, 0.4) is 0 Å². The second kappa shape index (κ2) is 6.61. The molecule has 0 unspecified atom stereocenters. The highest BCUT2D eigenvalue weighted by Gasteiger charge is 2.08. The van der Waals surface area contributed by atoms with Crippen molar-refractivity contribution in [2.45, 2.75) is 20.0 Å². The molecule has 0 fully saturated rings. The number of rotatable bonds is 4. The van der Waals surface area contributed by atoms with Crippen LogP contribution in [0.1, 0.15) is 18.1 Å². The summed E-state index contributed by atoms with van der Waals surface area (Å²) in [5.74, 6) is 0.0426. The van der Waals surface area contributed by atoms with Gasteiger partial charge in [-0.25, -0.2) is 4.79 Å². The minimum atomic E-state index is -0.589. The zero-order valence-electron chi connectivity index (χ0n) is 11.3. The summed E-state index contributed by atoms with van der Waals surface area (Å²) in [6, 6.07) is 14.6. The van der Waals surface area contributed by atoms with Crippen LogP contribution in [0.2, 0.25) is 0 Å². The molecule has 0 saturated heterocycles. The first-order chi connectivity index (χ1) is 9.69. The van der Waals surface area contributed by atoms with E-state index in [1.54, 1.807) is 12.1 Å². The van der Waals surface area contributed by atoms with Crippen LogP contribution < -0.4 is 5.32 Å². The number of aromatic hydroxyl groups is 1. The molecule has 0 heterocycles. The highest BCUT2D eigenvalue weighted by Crippen LogP contribution is 2.24. The average Bonchev–Trinajstić information content (AvgIpc) is 2.48. The number of ether oxygens (including phenoxy) is 1. The fourth-order valence-corrected chi connectivity index (χ4v) is 1.77. The molecule has 2 aromatic rings. The predicted molar refractivity (Wildman–Crippen MR) is 77.7 cm³/mol. The normalized spacial score (nSPS) is 10.1. The Morgan fingerprint density at radius 3 is 2.55 bits per heavy atom. The SMILES string of the molecule is CCc1ccc(NC(=O)OCc2ccccc2)c(O)c1. The molecule has 0 aliphatic rings. The van der Waals surface area contributed by atoms with Gasteiger partial charge in [0.05, 0.1) is 5.69 Å². The number of aryl methyl sites for hydroxylation is 1. The van der Waals surface area contributed by atoms with Crippen LogP contribution in [-0.4, -0.2) is 11.2 Å². The number of amides is 1. The molecule has 0 saturated carbocycles. The third kappa shape index (κ3) is 3.75. The Kier molecular flexibility index (Phi) is 4.60. The van der Waals surface area contributed by atoms with Crippen LogP contribution in [0.4, 0.5) is 10.5 Å². The molecular weight excluding hydrogens is 254 g/mol. The van der Waals surface area contributed by atoms with Crippen molar-refractivity contribution < 1.29 is 14.6 Å². The van der Waals surface area contributed by atoms with Crippen LogP contribution in [-0.2, 0) is 17.8 Å². The number of phenols is 1. The molecule has 0 aliphatic heterocycles. The van der Waals surface area contributed by atoms with Gasteiger partial charge in [-0.2, -0.15) is 0 Å². The van der Waals surface area contributed by atoms with Crippen LogP contribution in [0.25, 0.3) is 0 Å². The van der Waals surface area contributed by atoms with Crippen LogP contribution in [0, 0.1) is 0 Å². The Hall–Kier alpha value is -2.49. The van der Waals surface area contributed by atoms with Crippen molar-refractivity contribution >= 4 is 11.8 Å². The number of benzene rings is 2. The molecule has 0 bridgehead atoms. The second-order valence-electron chi connectivity index (χ2n) is 4.39. The maximum absolute atomic E-state index is 11.6. The van der Waals surface area contributed by atoms with Crippen molar-refractivity contribution in [1.29, 1.82) is 0 Å². The van der Waals surface area contributed by atoms with Gasteiger partial charge in [-0.3, -0.25) is 5.32 Å². The Labute approximate surface area is 118 Å². The van der Waals surface area contributed by atoms with Gasteiger partial charge in [0, 0.05) is 0 Å². The monoisotopic (exact) mass is 271 g/mol. The van der Waals surface area contributed by atoms with E-state index in [0.29, 0.717) is 5.69 Å². The van der Waals surface area contributed by atoms with Gasteiger partial charge >= 0.3 is 6.09 Å². The number of carbonyl (C=O) groups is 1. The van der Waals surface area contributed by atoms with Crippen molar-refractivity contribution in [2.75, 3.05) is 5.32 Å². The van der Waals surface area contributed by atoms with E-state index in [4.69, 9.17) is 4.74 Å². The van der Waals surface area contributed by atoms with E-state index in [0.717, 1.165) is 17.5 Å². The Morgan fingerprint density at radius 1 is 1.15 bits per heavy atom. The first-order valence-corrected chi connectivity index (χ1v) is 6.48. The summed E-state index contributed by atoms with van der Waals surface area (Å²) in [6.07, 6.45) is 0.236. The smallest absolute Gasteiger partial charge is 0.412 e. The van der Waals surface area contributed by atoms with E-state index in [1.807, 2.05) is 43.3 Å². The largest absolute Gasteiger partial charge is 0.506 e. The fourth-order valence-electron chi connectivity index (χ4n) is 1.77. The highest BCUT2D eigenvalue weighted by atomic mass is 16.5. The van der Waals surface area contributed by atoms with Gasteiger partial charge in [-0.1, -0.05) is 43.3 Å². The number of anilines is 1. The van der Waals surface area contributed by atoms with E-state index in [-0.39, 0.29) is 12.4 Å². The maximum Gasteiger partial charge on any atom is 0.412 e. The summed E-state index contributed by atoms with van der Waals surface area (Å²) in [6.45, 7) is 2.19. The van der Waals surface area contributed by atoms with E-state index in [2.05, 4.69) is 5.32 Å². The molecule has 0 spiro atoms. The number of hydrogen-bond donors (Lipinski definition) is 2. The zero-order valence-corrected chi connectivity index (χ0v) is 11.3. The minimum absolute atomic E-state index is 0.0426. The number of carbonyl (C=O) groups excluding carboxylic acids is 1. The highest BCUT2D eigenvalue weighted by molar-refractivity contribution is 5.86. The van der Waals surface area contributed by atoms with Gasteiger partial charge in [0.2, 0.25) is 0 Å². The van der Waals surface area contributed by atoms with E-state index in [1.165, 1.54) is 0 Å². The molecule has 0 atom stereocenters. The maximum atomic E-state index is 11.6. The van der Waals surface area contributed by atoms with Crippen molar-refractivity contribution in [3.63, 3.8) is 0 Å². The quantitative estimate of drug-likeness (QED) is 0.833. The third-order valence-corrected chi connectivity index (χ3v) is 2.92. The molecule has 104 valence electrons. The molecule has 1 amide bonds. The van der Waals surface area contributed by atoms with Gasteiger partial charge in [-0.15, -0.1) is 0 Å². The lowest BCUT2D eigenvalue weighted by Crippen LogP contribution is -2.13. The van der Waals surface area contributed by atoms with Crippen molar-refractivity contribution in [2.24, 2.45) is 0 Å². The number of hydrogen-bond acceptors (Lipinski definition) is 3. The lowest BCUT2D eigenvalue weighted by molar-refractivity contribution is 0.155. The van der Waals surface area contributed by atoms with Crippen molar-refractivity contribution in [3.8, 4) is 5.75 Å². The molecule has 4 nitrogen and oxygen atoms in total. The molecular formula is C16H17NO3. The Balaban J connectivity index is 1.91. The van der Waals surface area contributed by atoms with Gasteiger partial charge in [0.25, 0.3) is 0 Å². The number of nitrogens with one attached hydrogen (secondary N) is 1. The van der Waals surface area contributed by atoms with E-state index in [9.17, 15) is 9.90 Å². The topological polar surface area (TPSA) is 58.6 Å². The summed E-state index contributed by atoms with van der Waals surface area (Å²) in [4.78, 5) is 11.6. The summed E-state index contributed by atoms with van der Waals surface area (Å²) in [5, 5.41) is 12.3. The first-order valence-electron chi connectivity index (χ1n) is 6.48.